The van der Waals surface area contributed by atoms with Crippen molar-refractivity contribution in [1.82, 2.24) is 4.98 Å². The van der Waals surface area contributed by atoms with Gasteiger partial charge in [-0.05, 0) is 37.4 Å². The van der Waals surface area contributed by atoms with E-state index in [1.165, 1.54) is 17.5 Å². The Labute approximate surface area is 109 Å². The van der Waals surface area contributed by atoms with E-state index < -0.39 is 0 Å². The van der Waals surface area contributed by atoms with Gasteiger partial charge < -0.3 is 15.4 Å². The van der Waals surface area contributed by atoms with E-state index in [0.717, 1.165) is 31.9 Å². The van der Waals surface area contributed by atoms with Gasteiger partial charge in [0.15, 0.2) is 0 Å². The SMILES string of the molecule is COCC1CCN(c2ncc(CCN)cc2C)C1. The molecule has 2 heterocycles. The Morgan fingerprint density at radius 3 is 3.06 bits per heavy atom. The molecule has 1 saturated heterocycles. The van der Waals surface area contributed by atoms with Gasteiger partial charge in [-0.3, -0.25) is 0 Å². The van der Waals surface area contributed by atoms with Crippen LogP contribution in [0.15, 0.2) is 12.3 Å². The van der Waals surface area contributed by atoms with Crippen molar-refractivity contribution >= 4 is 5.82 Å². The van der Waals surface area contributed by atoms with Crippen LogP contribution in [0.4, 0.5) is 5.82 Å². The molecular weight excluding hydrogens is 226 g/mol. The van der Waals surface area contributed by atoms with Crippen LogP contribution in [0, 0.1) is 12.8 Å². The number of nitrogens with two attached hydrogens (primary N) is 1. The summed E-state index contributed by atoms with van der Waals surface area (Å²) in [4.78, 5) is 6.97. The van der Waals surface area contributed by atoms with Gasteiger partial charge in [0, 0.05) is 32.3 Å². The molecule has 0 bridgehead atoms. The molecule has 1 atom stereocenters. The first-order valence-corrected chi connectivity index (χ1v) is 6.64. The molecule has 2 rings (SSSR count). The summed E-state index contributed by atoms with van der Waals surface area (Å²) in [5.74, 6) is 1.76. The average molecular weight is 249 g/mol. The molecule has 18 heavy (non-hydrogen) atoms. The third-order valence-corrected chi connectivity index (χ3v) is 3.53. The number of hydrogen-bond donors (Lipinski definition) is 1. The average Bonchev–Trinajstić information content (AvgIpc) is 2.78. The molecule has 0 saturated carbocycles. The smallest absolute Gasteiger partial charge is 0.131 e. The Morgan fingerprint density at radius 2 is 2.39 bits per heavy atom. The summed E-state index contributed by atoms with van der Waals surface area (Å²) in [7, 11) is 1.77. The van der Waals surface area contributed by atoms with Crippen molar-refractivity contribution in [2.75, 3.05) is 38.3 Å². The molecule has 1 aromatic rings. The molecule has 0 radical (unpaired) electrons. The predicted molar refractivity (Wildman–Crippen MR) is 73.9 cm³/mol. The quantitative estimate of drug-likeness (QED) is 0.856. The minimum absolute atomic E-state index is 0.639. The number of methoxy groups -OCH3 is 1. The molecule has 0 aliphatic carbocycles. The fourth-order valence-corrected chi connectivity index (χ4v) is 2.66. The highest BCUT2D eigenvalue weighted by molar-refractivity contribution is 5.48. The van der Waals surface area contributed by atoms with Gasteiger partial charge in [-0.2, -0.15) is 0 Å². The van der Waals surface area contributed by atoms with Crippen LogP contribution in [-0.2, 0) is 11.2 Å². The van der Waals surface area contributed by atoms with Crippen LogP contribution in [-0.4, -0.2) is 38.3 Å². The first kappa shape index (κ1) is 13.3. The van der Waals surface area contributed by atoms with E-state index >= 15 is 0 Å². The van der Waals surface area contributed by atoms with E-state index in [1.807, 2.05) is 6.20 Å². The Bertz CT molecular complexity index is 395. The van der Waals surface area contributed by atoms with Crippen LogP contribution in [0.1, 0.15) is 17.5 Å². The monoisotopic (exact) mass is 249 g/mol. The molecule has 1 unspecified atom stereocenters. The Balaban J connectivity index is 2.05. The molecule has 1 aliphatic rings. The predicted octanol–water partition coefficient (Wildman–Crippen LogP) is 1.36. The van der Waals surface area contributed by atoms with Gasteiger partial charge in [0.25, 0.3) is 0 Å². The highest BCUT2D eigenvalue weighted by Crippen LogP contribution is 2.25. The number of anilines is 1. The van der Waals surface area contributed by atoms with Gasteiger partial charge in [0.05, 0.1) is 6.61 Å². The summed E-state index contributed by atoms with van der Waals surface area (Å²) in [5, 5.41) is 0. The van der Waals surface area contributed by atoms with Gasteiger partial charge >= 0.3 is 0 Å². The van der Waals surface area contributed by atoms with E-state index in [-0.39, 0.29) is 0 Å². The number of rotatable bonds is 5. The van der Waals surface area contributed by atoms with Gasteiger partial charge in [-0.1, -0.05) is 6.07 Å². The van der Waals surface area contributed by atoms with Crippen molar-refractivity contribution in [3.8, 4) is 0 Å². The number of aryl methyl sites for hydroxylation is 1. The van der Waals surface area contributed by atoms with Crippen molar-refractivity contribution in [2.24, 2.45) is 11.7 Å². The third-order valence-electron chi connectivity index (χ3n) is 3.53. The second-order valence-corrected chi connectivity index (χ2v) is 5.08. The first-order chi connectivity index (χ1) is 8.74. The van der Waals surface area contributed by atoms with Crippen LogP contribution >= 0.6 is 0 Å². The molecule has 0 aromatic carbocycles. The zero-order chi connectivity index (χ0) is 13.0. The van der Waals surface area contributed by atoms with Crippen molar-refractivity contribution in [3.05, 3.63) is 23.4 Å². The number of hydrogen-bond acceptors (Lipinski definition) is 4. The lowest BCUT2D eigenvalue weighted by atomic mass is 10.1. The fourth-order valence-electron chi connectivity index (χ4n) is 2.66. The zero-order valence-electron chi connectivity index (χ0n) is 11.4. The van der Waals surface area contributed by atoms with Crippen LogP contribution in [0.5, 0.6) is 0 Å². The topological polar surface area (TPSA) is 51.4 Å². The molecule has 0 spiro atoms. The van der Waals surface area contributed by atoms with Gasteiger partial charge in [-0.15, -0.1) is 0 Å². The Kier molecular flexibility index (Phi) is 4.55. The second-order valence-electron chi connectivity index (χ2n) is 5.08. The van der Waals surface area contributed by atoms with Gasteiger partial charge in [0.1, 0.15) is 5.82 Å². The molecule has 1 fully saturated rings. The molecule has 100 valence electrons. The Morgan fingerprint density at radius 1 is 1.56 bits per heavy atom. The lowest BCUT2D eigenvalue weighted by Crippen LogP contribution is -2.23. The standard InChI is InChI=1S/C14H23N3O/c1-11-7-12(3-5-15)8-16-14(11)17-6-4-13(9-17)10-18-2/h7-8,13H,3-6,9-10,15H2,1-2H3. The summed E-state index contributed by atoms with van der Waals surface area (Å²) < 4.78 is 5.23. The molecule has 2 N–H and O–H groups in total. The third kappa shape index (κ3) is 3.00. The number of pyridine rings is 1. The summed E-state index contributed by atoms with van der Waals surface area (Å²) in [5.41, 5.74) is 8.05. The highest BCUT2D eigenvalue weighted by Gasteiger charge is 2.24. The van der Waals surface area contributed by atoms with Crippen molar-refractivity contribution in [1.29, 1.82) is 0 Å². The van der Waals surface area contributed by atoms with E-state index in [2.05, 4.69) is 22.9 Å². The van der Waals surface area contributed by atoms with E-state index in [4.69, 9.17) is 10.5 Å². The number of nitrogens with zero attached hydrogens (tertiary/aromatic N) is 2. The number of aromatic nitrogens is 1. The maximum absolute atomic E-state index is 5.57. The Hall–Kier alpha value is -1.13. The summed E-state index contributed by atoms with van der Waals surface area (Å²) >= 11 is 0. The summed E-state index contributed by atoms with van der Waals surface area (Å²) in [6, 6.07) is 2.21. The molecule has 4 heteroatoms. The van der Waals surface area contributed by atoms with Crippen LogP contribution in [0.3, 0.4) is 0 Å². The summed E-state index contributed by atoms with van der Waals surface area (Å²) in [6.07, 6.45) is 4.05. The molecule has 4 nitrogen and oxygen atoms in total. The lowest BCUT2D eigenvalue weighted by molar-refractivity contribution is 0.161. The van der Waals surface area contributed by atoms with Crippen molar-refractivity contribution in [2.45, 2.75) is 19.8 Å². The van der Waals surface area contributed by atoms with Gasteiger partial charge in [-0.25, -0.2) is 4.98 Å². The molecular formula is C14H23N3O. The maximum Gasteiger partial charge on any atom is 0.131 e. The van der Waals surface area contributed by atoms with Crippen molar-refractivity contribution < 1.29 is 4.74 Å². The van der Waals surface area contributed by atoms with E-state index in [9.17, 15) is 0 Å². The second kappa shape index (κ2) is 6.16. The normalized spacial score (nSPS) is 19.5. The first-order valence-electron chi connectivity index (χ1n) is 6.64. The minimum atomic E-state index is 0.639. The zero-order valence-corrected chi connectivity index (χ0v) is 11.4. The molecule has 1 aromatic heterocycles. The maximum atomic E-state index is 5.57. The van der Waals surface area contributed by atoms with E-state index in [0.29, 0.717) is 12.5 Å². The molecule has 0 amide bonds. The largest absolute Gasteiger partial charge is 0.384 e. The van der Waals surface area contributed by atoms with E-state index in [1.54, 1.807) is 7.11 Å². The fraction of sp³-hybridized carbons (Fsp3) is 0.643. The van der Waals surface area contributed by atoms with Crippen molar-refractivity contribution in [3.63, 3.8) is 0 Å². The minimum Gasteiger partial charge on any atom is -0.384 e. The van der Waals surface area contributed by atoms with Crippen LogP contribution in [0.25, 0.3) is 0 Å². The lowest BCUT2D eigenvalue weighted by Gasteiger charge is -2.20. The van der Waals surface area contributed by atoms with Crippen LogP contribution < -0.4 is 10.6 Å². The number of ether oxygens (including phenoxy) is 1. The highest BCUT2D eigenvalue weighted by atomic mass is 16.5. The van der Waals surface area contributed by atoms with Gasteiger partial charge in [0.2, 0.25) is 0 Å². The summed E-state index contributed by atoms with van der Waals surface area (Å²) in [6.45, 7) is 5.79. The van der Waals surface area contributed by atoms with Crippen LogP contribution in [0.2, 0.25) is 0 Å². The molecule has 1 aliphatic heterocycles.